The lowest BCUT2D eigenvalue weighted by Gasteiger charge is -2.19. The third-order valence-corrected chi connectivity index (χ3v) is 3.59. The maximum absolute atomic E-state index is 11.6. The van der Waals surface area contributed by atoms with Crippen molar-refractivity contribution in [3.63, 3.8) is 0 Å². The minimum atomic E-state index is -0.501. The second kappa shape index (κ2) is 7.84. The largest absolute Gasteiger partial charge is 0.444 e. The highest BCUT2D eigenvalue weighted by molar-refractivity contribution is 5.67. The van der Waals surface area contributed by atoms with E-state index in [1.54, 1.807) is 10.9 Å². The second-order valence-electron chi connectivity index (χ2n) is 6.90. The first kappa shape index (κ1) is 18.5. The van der Waals surface area contributed by atoms with Crippen LogP contribution in [-0.2, 0) is 17.7 Å². The Kier molecular flexibility index (Phi) is 5.81. The molecule has 0 saturated carbocycles. The highest BCUT2D eigenvalue weighted by atomic mass is 16.6. The van der Waals surface area contributed by atoms with E-state index in [-0.39, 0.29) is 0 Å². The van der Waals surface area contributed by atoms with Gasteiger partial charge in [0, 0.05) is 18.3 Å². The van der Waals surface area contributed by atoms with Crippen molar-refractivity contribution >= 4 is 6.09 Å². The SMILES string of the molecule is Cc1cc(-c2cnn(CCNC(=O)OC(C)(C)C)c2)ccc1CC#N. The number of hydrogen-bond donors (Lipinski definition) is 1. The van der Waals surface area contributed by atoms with Crippen molar-refractivity contribution < 1.29 is 9.53 Å². The molecule has 25 heavy (non-hydrogen) atoms. The first-order valence-corrected chi connectivity index (χ1v) is 8.24. The average Bonchev–Trinajstić information content (AvgIpc) is 2.96. The Balaban J connectivity index is 1.93. The van der Waals surface area contributed by atoms with Gasteiger partial charge in [0.1, 0.15) is 5.60 Å². The van der Waals surface area contributed by atoms with Crippen molar-refractivity contribution in [2.75, 3.05) is 6.54 Å². The lowest BCUT2D eigenvalue weighted by atomic mass is 10.0. The van der Waals surface area contributed by atoms with Crippen molar-refractivity contribution in [3.05, 3.63) is 41.7 Å². The molecule has 1 aromatic carbocycles. The van der Waals surface area contributed by atoms with E-state index in [0.29, 0.717) is 19.5 Å². The molecule has 0 aliphatic rings. The summed E-state index contributed by atoms with van der Waals surface area (Å²) in [4.78, 5) is 11.6. The van der Waals surface area contributed by atoms with E-state index in [2.05, 4.69) is 22.6 Å². The molecular weight excluding hydrogens is 316 g/mol. The number of hydrogen-bond acceptors (Lipinski definition) is 4. The van der Waals surface area contributed by atoms with E-state index < -0.39 is 11.7 Å². The Labute approximate surface area is 148 Å². The highest BCUT2D eigenvalue weighted by Gasteiger charge is 2.15. The number of aryl methyl sites for hydroxylation is 1. The summed E-state index contributed by atoms with van der Waals surface area (Å²) in [5.41, 5.74) is 3.70. The Hall–Kier alpha value is -2.81. The number of nitrogens with zero attached hydrogens (tertiary/aromatic N) is 3. The van der Waals surface area contributed by atoms with Crippen molar-refractivity contribution in [1.82, 2.24) is 15.1 Å². The van der Waals surface area contributed by atoms with E-state index in [4.69, 9.17) is 10.00 Å². The zero-order valence-corrected chi connectivity index (χ0v) is 15.2. The molecule has 2 rings (SSSR count). The molecule has 0 aliphatic carbocycles. The Morgan fingerprint density at radius 1 is 1.36 bits per heavy atom. The van der Waals surface area contributed by atoms with Crippen molar-refractivity contribution in [2.24, 2.45) is 0 Å². The lowest BCUT2D eigenvalue weighted by Crippen LogP contribution is -2.34. The summed E-state index contributed by atoms with van der Waals surface area (Å²) >= 11 is 0. The smallest absolute Gasteiger partial charge is 0.407 e. The number of alkyl carbamates (subject to hydrolysis) is 1. The van der Waals surface area contributed by atoms with Gasteiger partial charge in [-0.05, 0) is 44.4 Å². The van der Waals surface area contributed by atoms with E-state index in [0.717, 1.165) is 22.3 Å². The zero-order valence-electron chi connectivity index (χ0n) is 15.2. The third kappa shape index (κ3) is 5.64. The van der Waals surface area contributed by atoms with Gasteiger partial charge in [-0.2, -0.15) is 10.4 Å². The summed E-state index contributed by atoms with van der Waals surface area (Å²) in [6, 6.07) is 8.22. The molecule has 132 valence electrons. The third-order valence-electron chi connectivity index (χ3n) is 3.59. The number of nitriles is 1. The molecule has 0 aliphatic heterocycles. The minimum Gasteiger partial charge on any atom is -0.444 e. The van der Waals surface area contributed by atoms with Crippen LogP contribution < -0.4 is 5.32 Å². The van der Waals surface area contributed by atoms with E-state index in [1.165, 1.54) is 0 Å². The van der Waals surface area contributed by atoms with E-state index in [9.17, 15) is 4.79 Å². The standard InChI is InChI=1S/C19H24N4O2/c1-14-11-16(6-5-15(14)7-8-20)17-12-22-23(13-17)10-9-21-18(24)25-19(2,3)4/h5-6,11-13H,7,9-10H2,1-4H3,(H,21,24). The molecule has 0 spiro atoms. The summed E-state index contributed by atoms with van der Waals surface area (Å²) in [5, 5.41) is 15.9. The van der Waals surface area contributed by atoms with E-state index >= 15 is 0 Å². The number of carbonyl (C=O) groups is 1. The summed E-state index contributed by atoms with van der Waals surface area (Å²) in [6.45, 7) is 8.50. The van der Waals surface area contributed by atoms with Crippen LogP contribution in [0, 0.1) is 18.3 Å². The molecule has 1 heterocycles. The van der Waals surface area contributed by atoms with Crippen LogP contribution in [0.2, 0.25) is 0 Å². The van der Waals surface area contributed by atoms with Gasteiger partial charge in [0.05, 0.1) is 25.2 Å². The summed E-state index contributed by atoms with van der Waals surface area (Å²) < 4.78 is 6.97. The molecule has 0 radical (unpaired) electrons. The lowest BCUT2D eigenvalue weighted by molar-refractivity contribution is 0.0525. The van der Waals surface area contributed by atoms with Crippen LogP contribution >= 0.6 is 0 Å². The van der Waals surface area contributed by atoms with Crippen molar-refractivity contribution in [2.45, 2.75) is 46.3 Å². The summed E-state index contributed by atoms with van der Waals surface area (Å²) in [7, 11) is 0. The highest BCUT2D eigenvalue weighted by Crippen LogP contribution is 2.22. The maximum Gasteiger partial charge on any atom is 0.407 e. The molecule has 0 atom stereocenters. The van der Waals surface area contributed by atoms with Crippen LogP contribution in [0.5, 0.6) is 0 Å². The number of carbonyl (C=O) groups excluding carboxylic acids is 1. The monoisotopic (exact) mass is 340 g/mol. The molecule has 6 heteroatoms. The predicted octanol–water partition coefficient (Wildman–Crippen LogP) is 3.45. The number of rotatable bonds is 5. The first-order valence-electron chi connectivity index (χ1n) is 8.24. The number of amides is 1. The van der Waals surface area contributed by atoms with Gasteiger partial charge in [-0.3, -0.25) is 4.68 Å². The van der Waals surface area contributed by atoms with Crippen LogP contribution in [0.4, 0.5) is 4.79 Å². The number of nitrogens with one attached hydrogen (secondary N) is 1. The van der Waals surface area contributed by atoms with Crippen LogP contribution in [0.1, 0.15) is 31.9 Å². The average molecular weight is 340 g/mol. The Morgan fingerprint density at radius 3 is 2.76 bits per heavy atom. The number of benzene rings is 1. The maximum atomic E-state index is 11.6. The van der Waals surface area contributed by atoms with Gasteiger partial charge in [0.2, 0.25) is 0 Å². The molecule has 0 unspecified atom stereocenters. The van der Waals surface area contributed by atoms with Gasteiger partial charge in [0.25, 0.3) is 0 Å². The fourth-order valence-corrected chi connectivity index (χ4v) is 2.38. The molecule has 0 fully saturated rings. The van der Waals surface area contributed by atoms with Gasteiger partial charge in [-0.1, -0.05) is 18.2 Å². The Bertz CT molecular complexity index is 781. The van der Waals surface area contributed by atoms with E-state index in [1.807, 2.05) is 46.0 Å². The molecule has 0 bridgehead atoms. The van der Waals surface area contributed by atoms with Gasteiger partial charge >= 0.3 is 6.09 Å². The molecule has 6 nitrogen and oxygen atoms in total. The fourth-order valence-electron chi connectivity index (χ4n) is 2.38. The van der Waals surface area contributed by atoms with Crippen molar-refractivity contribution in [1.29, 1.82) is 5.26 Å². The number of ether oxygens (including phenoxy) is 1. The second-order valence-corrected chi connectivity index (χ2v) is 6.90. The Morgan fingerprint density at radius 2 is 2.12 bits per heavy atom. The molecular formula is C19H24N4O2. The molecule has 1 N–H and O–H groups in total. The molecule has 1 amide bonds. The summed E-state index contributed by atoms with van der Waals surface area (Å²) in [5.74, 6) is 0. The molecule has 0 saturated heterocycles. The molecule has 1 aromatic heterocycles. The number of aromatic nitrogens is 2. The van der Waals surface area contributed by atoms with Crippen LogP contribution in [0.25, 0.3) is 11.1 Å². The van der Waals surface area contributed by atoms with Gasteiger partial charge in [0.15, 0.2) is 0 Å². The summed E-state index contributed by atoms with van der Waals surface area (Å²) in [6.07, 6.45) is 3.73. The zero-order chi connectivity index (χ0) is 18.4. The van der Waals surface area contributed by atoms with Gasteiger partial charge in [-0.25, -0.2) is 4.79 Å². The minimum absolute atomic E-state index is 0.418. The van der Waals surface area contributed by atoms with Crippen LogP contribution in [0.15, 0.2) is 30.6 Å². The van der Waals surface area contributed by atoms with Crippen LogP contribution in [0.3, 0.4) is 0 Å². The fraction of sp³-hybridized carbons (Fsp3) is 0.421. The topological polar surface area (TPSA) is 79.9 Å². The normalized spacial score (nSPS) is 11.0. The van der Waals surface area contributed by atoms with Crippen LogP contribution in [-0.4, -0.2) is 28.0 Å². The van der Waals surface area contributed by atoms with Gasteiger partial charge < -0.3 is 10.1 Å². The van der Waals surface area contributed by atoms with Gasteiger partial charge in [-0.15, -0.1) is 0 Å². The first-order chi connectivity index (χ1) is 11.8. The van der Waals surface area contributed by atoms with Crippen molar-refractivity contribution in [3.8, 4) is 17.2 Å². The predicted molar refractivity (Wildman–Crippen MR) is 96.0 cm³/mol. The quantitative estimate of drug-likeness (QED) is 0.904. The molecule has 2 aromatic rings.